The normalized spacial score (nSPS) is 23.3. The number of rotatable bonds is 4. The van der Waals surface area contributed by atoms with Gasteiger partial charge < -0.3 is 20.3 Å². The van der Waals surface area contributed by atoms with Crippen LogP contribution in [0.15, 0.2) is 4.52 Å². The van der Waals surface area contributed by atoms with E-state index in [-0.39, 0.29) is 17.9 Å². The van der Waals surface area contributed by atoms with Gasteiger partial charge in [-0.2, -0.15) is 0 Å². The summed E-state index contributed by atoms with van der Waals surface area (Å²) in [6.07, 6.45) is 0.271. The second-order valence-electron chi connectivity index (χ2n) is 4.61. The first-order valence-corrected chi connectivity index (χ1v) is 6.25. The molecule has 1 aromatic rings. The van der Waals surface area contributed by atoms with Crippen molar-refractivity contribution in [2.45, 2.75) is 26.4 Å². The fourth-order valence-electron chi connectivity index (χ4n) is 2.19. The summed E-state index contributed by atoms with van der Waals surface area (Å²) in [5.41, 5.74) is 1.20. The maximum atomic E-state index is 12.1. The van der Waals surface area contributed by atoms with Crippen molar-refractivity contribution in [2.75, 3.05) is 19.6 Å². The summed E-state index contributed by atoms with van der Waals surface area (Å²) < 4.78 is 5.03. The Kier molecular flexibility index (Phi) is 3.98. The number of hydrogen-bond acceptors (Lipinski definition) is 5. The van der Waals surface area contributed by atoms with Gasteiger partial charge in [0.2, 0.25) is 0 Å². The molecule has 1 aliphatic rings. The lowest BCUT2D eigenvalue weighted by atomic mass is 10.1. The molecule has 6 heteroatoms. The van der Waals surface area contributed by atoms with Crippen LogP contribution in [0.4, 0.5) is 0 Å². The molecule has 1 amide bonds. The van der Waals surface area contributed by atoms with Crippen molar-refractivity contribution in [3.63, 3.8) is 0 Å². The Balaban J connectivity index is 1.97. The van der Waals surface area contributed by atoms with Crippen LogP contribution in [-0.4, -0.2) is 41.9 Å². The first-order valence-electron chi connectivity index (χ1n) is 6.25. The van der Waals surface area contributed by atoms with Crippen LogP contribution in [-0.2, 0) is 6.42 Å². The van der Waals surface area contributed by atoms with Crippen molar-refractivity contribution < 1.29 is 14.4 Å². The monoisotopic (exact) mass is 253 g/mol. The van der Waals surface area contributed by atoms with Crippen molar-refractivity contribution in [1.29, 1.82) is 0 Å². The number of aliphatic hydroxyl groups is 1. The molecule has 18 heavy (non-hydrogen) atoms. The predicted octanol–water partition coefficient (Wildman–Crippen LogP) is -0.144. The maximum absolute atomic E-state index is 12.1. The lowest BCUT2D eigenvalue weighted by Crippen LogP contribution is -2.34. The van der Waals surface area contributed by atoms with Gasteiger partial charge in [-0.15, -0.1) is 0 Å². The Hall–Kier alpha value is -1.40. The van der Waals surface area contributed by atoms with Crippen LogP contribution in [0.2, 0.25) is 0 Å². The molecule has 0 radical (unpaired) electrons. The molecule has 0 aliphatic carbocycles. The highest BCUT2D eigenvalue weighted by atomic mass is 16.5. The lowest BCUT2D eigenvalue weighted by Gasteiger charge is -2.13. The quantitative estimate of drug-likeness (QED) is 0.695. The van der Waals surface area contributed by atoms with E-state index < -0.39 is 0 Å². The molecule has 100 valence electrons. The van der Waals surface area contributed by atoms with Crippen LogP contribution < -0.4 is 10.6 Å². The van der Waals surface area contributed by atoms with E-state index in [1.165, 1.54) is 0 Å². The third-order valence-corrected chi connectivity index (χ3v) is 3.32. The van der Waals surface area contributed by atoms with Crippen LogP contribution in [0.1, 0.15) is 28.7 Å². The van der Waals surface area contributed by atoms with E-state index in [1.54, 1.807) is 6.92 Å². The number of carbonyl (C=O) groups excluding carboxylic acids is 1. The first-order chi connectivity index (χ1) is 8.63. The number of amides is 1. The number of carbonyl (C=O) groups is 1. The van der Waals surface area contributed by atoms with Crippen molar-refractivity contribution >= 4 is 5.91 Å². The van der Waals surface area contributed by atoms with Crippen molar-refractivity contribution in [1.82, 2.24) is 15.8 Å². The zero-order chi connectivity index (χ0) is 13.1. The number of aromatic nitrogens is 1. The summed E-state index contributed by atoms with van der Waals surface area (Å²) in [5.74, 6) is 0.429. The molecule has 2 heterocycles. The molecule has 2 unspecified atom stereocenters. The fourth-order valence-corrected chi connectivity index (χ4v) is 2.19. The van der Waals surface area contributed by atoms with Gasteiger partial charge in [0.1, 0.15) is 11.3 Å². The highest BCUT2D eigenvalue weighted by Crippen LogP contribution is 2.14. The zero-order valence-electron chi connectivity index (χ0n) is 10.7. The zero-order valence-corrected chi connectivity index (χ0v) is 10.7. The smallest absolute Gasteiger partial charge is 0.256 e. The molecule has 3 N–H and O–H groups in total. The Morgan fingerprint density at radius 3 is 3.00 bits per heavy atom. The summed E-state index contributed by atoms with van der Waals surface area (Å²) in [6.45, 7) is 5.43. The summed E-state index contributed by atoms with van der Waals surface area (Å²) in [7, 11) is 0. The Morgan fingerprint density at radius 2 is 2.39 bits per heavy atom. The summed E-state index contributed by atoms with van der Waals surface area (Å²) in [6, 6.07) is 0. The summed E-state index contributed by atoms with van der Waals surface area (Å²) >= 11 is 0. The average Bonchev–Trinajstić information content (AvgIpc) is 2.92. The van der Waals surface area contributed by atoms with Gasteiger partial charge in [0.25, 0.3) is 5.91 Å². The molecule has 2 atom stereocenters. The van der Waals surface area contributed by atoms with Crippen LogP contribution in [0.5, 0.6) is 0 Å². The summed E-state index contributed by atoms with van der Waals surface area (Å²) in [5, 5.41) is 19.4. The van der Waals surface area contributed by atoms with E-state index in [2.05, 4.69) is 15.8 Å². The van der Waals surface area contributed by atoms with E-state index in [9.17, 15) is 9.90 Å². The Morgan fingerprint density at radius 1 is 1.61 bits per heavy atom. The molecule has 0 bridgehead atoms. The van der Waals surface area contributed by atoms with Gasteiger partial charge >= 0.3 is 0 Å². The standard InChI is InChI=1S/C12H19N3O3/c1-3-9-11(7(2)18-15-9)12(17)14-5-8-4-13-6-10(8)16/h8,10,13,16H,3-6H2,1-2H3,(H,14,17). The van der Waals surface area contributed by atoms with E-state index in [0.717, 1.165) is 6.54 Å². The minimum Gasteiger partial charge on any atom is -0.391 e. The number of aliphatic hydroxyl groups excluding tert-OH is 1. The molecule has 2 rings (SSSR count). The van der Waals surface area contributed by atoms with Crippen LogP contribution >= 0.6 is 0 Å². The van der Waals surface area contributed by atoms with Gasteiger partial charge in [-0.05, 0) is 13.3 Å². The van der Waals surface area contributed by atoms with E-state index in [4.69, 9.17) is 4.52 Å². The minimum absolute atomic E-state index is 0.0687. The van der Waals surface area contributed by atoms with Gasteiger partial charge in [0, 0.05) is 25.6 Å². The van der Waals surface area contributed by atoms with Crippen molar-refractivity contribution in [2.24, 2.45) is 5.92 Å². The van der Waals surface area contributed by atoms with Crippen LogP contribution in [0, 0.1) is 12.8 Å². The molecule has 6 nitrogen and oxygen atoms in total. The highest BCUT2D eigenvalue weighted by molar-refractivity contribution is 5.96. The number of nitrogens with one attached hydrogen (secondary N) is 2. The predicted molar refractivity (Wildman–Crippen MR) is 65.3 cm³/mol. The number of aryl methyl sites for hydroxylation is 2. The molecule has 1 saturated heterocycles. The Bertz CT molecular complexity index is 430. The topological polar surface area (TPSA) is 87.4 Å². The minimum atomic E-state index is -0.389. The van der Waals surface area contributed by atoms with E-state index >= 15 is 0 Å². The van der Waals surface area contributed by atoms with Gasteiger partial charge in [-0.25, -0.2) is 0 Å². The van der Waals surface area contributed by atoms with Crippen LogP contribution in [0.3, 0.4) is 0 Å². The third-order valence-electron chi connectivity index (χ3n) is 3.32. The first kappa shape index (κ1) is 13.0. The average molecular weight is 253 g/mol. The molecular weight excluding hydrogens is 234 g/mol. The number of nitrogens with zero attached hydrogens (tertiary/aromatic N) is 1. The third kappa shape index (κ3) is 2.54. The second-order valence-corrected chi connectivity index (χ2v) is 4.61. The molecule has 0 spiro atoms. The molecule has 1 aromatic heterocycles. The molecule has 1 fully saturated rings. The highest BCUT2D eigenvalue weighted by Gasteiger charge is 2.26. The fraction of sp³-hybridized carbons (Fsp3) is 0.667. The SMILES string of the molecule is CCc1noc(C)c1C(=O)NCC1CNCC1O. The molecule has 0 aromatic carbocycles. The van der Waals surface area contributed by atoms with Gasteiger partial charge in [-0.1, -0.05) is 12.1 Å². The van der Waals surface area contributed by atoms with E-state index in [0.29, 0.717) is 36.5 Å². The number of β-amino-alcohol motifs (C(OH)–C–C–N with tert-alkyl or cyclic N) is 1. The van der Waals surface area contributed by atoms with Crippen molar-refractivity contribution in [3.8, 4) is 0 Å². The molecule has 0 saturated carbocycles. The Labute approximate surface area is 106 Å². The lowest BCUT2D eigenvalue weighted by molar-refractivity contribution is 0.0925. The largest absolute Gasteiger partial charge is 0.391 e. The number of hydrogen-bond donors (Lipinski definition) is 3. The second kappa shape index (κ2) is 5.49. The summed E-state index contributed by atoms with van der Waals surface area (Å²) in [4.78, 5) is 12.1. The van der Waals surface area contributed by atoms with Crippen LogP contribution in [0.25, 0.3) is 0 Å². The maximum Gasteiger partial charge on any atom is 0.256 e. The van der Waals surface area contributed by atoms with Crippen molar-refractivity contribution in [3.05, 3.63) is 17.0 Å². The van der Waals surface area contributed by atoms with Gasteiger partial charge in [0.05, 0.1) is 11.8 Å². The van der Waals surface area contributed by atoms with Gasteiger partial charge in [-0.3, -0.25) is 4.79 Å². The van der Waals surface area contributed by atoms with Gasteiger partial charge in [0.15, 0.2) is 0 Å². The molecule has 1 aliphatic heterocycles. The molecular formula is C12H19N3O3. The van der Waals surface area contributed by atoms with E-state index in [1.807, 2.05) is 6.92 Å².